The van der Waals surface area contributed by atoms with Crippen LogP contribution in [0.1, 0.15) is 15.9 Å². The maximum atomic E-state index is 11.3. The Morgan fingerprint density at radius 3 is 2.38 bits per heavy atom. The molecule has 21 heavy (non-hydrogen) atoms. The minimum Gasteiger partial charge on any atom is -0.465 e. The van der Waals surface area contributed by atoms with Crippen molar-refractivity contribution in [2.45, 2.75) is 6.42 Å². The molecular formula is C14H19ClN4O2. The number of carbonyl (C=O) groups is 1. The first kappa shape index (κ1) is 16.7. The molecule has 0 aromatic heterocycles. The molecule has 0 aliphatic carbocycles. The zero-order valence-corrected chi connectivity index (χ0v) is 12.5. The van der Waals surface area contributed by atoms with E-state index >= 15 is 0 Å². The van der Waals surface area contributed by atoms with Gasteiger partial charge in [-0.05, 0) is 30.2 Å². The molecule has 0 spiro atoms. The zero-order chi connectivity index (χ0) is 15.8. The van der Waals surface area contributed by atoms with E-state index in [0.717, 1.165) is 5.56 Å². The molecule has 0 saturated heterocycles. The van der Waals surface area contributed by atoms with Gasteiger partial charge in [-0.25, -0.2) is 4.79 Å². The second kappa shape index (κ2) is 8.06. The summed E-state index contributed by atoms with van der Waals surface area (Å²) in [7, 11) is 1.35. The molecule has 0 aliphatic heterocycles. The van der Waals surface area contributed by atoms with Gasteiger partial charge in [-0.3, -0.25) is 0 Å². The van der Waals surface area contributed by atoms with Gasteiger partial charge in [0.05, 0.1) is 18.4 Å². The Bertz CT molecular complexity index is 545. The van der Waals surface area contributed by atoms with Crippen molar-refractivity contribution >= 4 is 17.6 Å². The summed E-state index contributed by atoms with van der Waals surface area (Å²) in [6, 6.07) is 7.14. The minimum absolute atomic E-state index is 0.0910. The average molecular weight is 311 g/mol. The first-order valence-corrected chi connectivity index (χ1v) is 6.61. The molecule has 7 heteroatoms. The van der Waals surface area contributed by atoms with Crippen molar-refractivity contribution in [3.8, 4) is 0 Å². The molecule has 0 saturated carbocycles. The molecule has 0 aliphatic rings. The van der Waals surface area contributed by atoms with Gasteiger partial charge in [0.25, 0.3) is 0 Å². The van der Waals surface area contributed by atoms with Crippen LogP contribution >= 0.6 is 11.6 Å². The first-order valence-electron chi connectivity index (χ1n) is 6.23. The SMILES string of the molecule is COC(=O)c1ccc(CCNC(/C=C(\N)Cl)=C(N)N)cc1. The largest absolute Gasteiger partial charge is 0.465 e. The van der Waals surface area contributed by atoms with Crippen LogP contribution in [-0.4, -0.2) is 19.6 Å². The van der Waals surface area contributed by atoms with E-state index in [9.17, 15) is 4.79 Å². The van der Waals surface area contributed by atoms with E-state index in [1.807, 2.05) is 12.1 Å². The van der Waals surface area contributed by atoms with Crippen LogP contribution in [0.4, 0.5) is 0 Å². The van der Waals surface area contributed by atoms with Crippen LogP contribution in [-0.2, 0) is 11.2 Å². The third-order valence-electron chi connectivity index (χ3n) is 2.70. The Hall–Kier alpha value is -2.34. The van der Waals surface area contributed by atoms with Gasteiger partial charge >= 0.3 is 5.97 Å². The van der Waals surface area contributed by atoms with Gasteiger partial charge in [0, 0.05) is 6.54 Å². The zero-order valence-electron chi connectivity index (χ0n) is 11.7. The van der Waals surface area contributed by atoms with Crippen molar-refractivity contribution in [1.29, 1.82) is 0 Å². The number of carbonyl (C=O) groups excluding carboxylic acids is 1. The molecule has 0 bridgehead atoms. The third kappa shape index (κ3) is 5.66. The molecule has 1 aromatic carbocycles. The molecule has 0 amide bonds. The topological polar surface area (TPSA) is 116 Å². The van der Waals surface area contributed by atoms with E-state index in [-0.39, 0.29) is 16.9 Å². The lowest BCUT2D eigenvalue weighted by Crippen LogP contribution is -2.24. The summed E-state index contributed by atoms with van der Waals surface area (Å²) < 4.78 is 4.64. The fourth-order valence-corrected chi connectivity index (χ4v) is 1.75. The van der Waals surface area contributed by atoms with Gasteiger partial charge < -0.3 is 27.3 Å². The monoisotopic (exact) mass is 310 g/mol. The van der Waals surface area contributed by atoms with Gasteiger partial charge in [0.1, 0.15) is 11.0 Å². The van der Waals surface area contributed by atoms with Crippen molar-refractivity contribution in [2.24, 2.45) is 17.2 Å². The Morgan fingerprint density at radius 1 is 1.29 bits per heavy atom. The van der Waals surface area contributed by atoms with Crippen LogP contribution < -0.4 is 22.5 Å². The van der Waals surface area contributed by atoms with Crippen molar-refractivity contribution in [1.82, 2.24) is 5.32 Å². The smallest absolute Gasteiger partial charge is 0.337 e. The van der Waals surface area contributed by atoms with Gasteiger partial charge in [-0.1, -0.05) is 23.7 Å². The van der Waals surface area contributed by atoms with Crippen LogP contribution in [0.5, 0.6) is 0 Å². The molecule has 0 atom stereocenters. The van der Waals surface area contributed by atoms with Crippen LogP contribution in [0.25, 0.3) is 0 Å². The molecule has 1 rings (SSSR count). The summed E-state index contributed by atoms with van der Waals surface area (Å²) in [6.45, 7) is 0.589. The van der Waals surface area contributed by atoms with E-state index in [1.54, 1.807) is 12.1 Å². The van der Waals surface area contributed by atoms with Crippen LogP contribution in [0.2, 0.25) is 0 Å². The number of allylic oxidation sites excluding steroid dienone is 1. The number of hydrogen-bond acceptors (Lipinski definition) is 6. The van der Waals surface area contributed by atoms with Gasteiger partial charge in [0.2, 0.25) is 0 Å². The lowest BCUT2D eigenvalue weighted by molar-refractivity contribution is 0.0600. The fourth-order valence-electron chi connectivity index (χ4n) is 1.64. The summed E-state index contributed by atoms with van der Waals surface area (Å²) in [5.74, 6) is -0.247. The quantitative estimate of drug-likeness (QED) is 0.350. The number of esters is 1. The number of hydrogen-bond donors (Lipinski definition) is 4. The van der Waals surface area contributed by atoms with E-state index in [0.29, 0.717) is 24.2 Å². The summed E-state index contributed by atoms with van der Waals surface area (Å²) in [5, 5.41) is 3.14. The predicted molar refractivity (Wildman–Crippen MR) is 83.0 cm³/mol. The molecule has 114 valence electrons. The number of rotatable bonds is 6. The Morgan fingerprint density at radius 2 is 1.90 bits per heavy atom. The third-order valence-corrected chi connectivity index (χ3v) is 2.81. The lowest BCUT2D eigenvalue weighted by atomic mass is 10.1. The molecular weight excluding hydrogens is 292 g/mol. The summed E-state index contributed by atoms with van der Waals surface area (Å²) in [5.41, 5.74) is 18.4. The molecule has 7 N–H and O–H groups in total. The Kier molecular flexibility index (Phi) is 6.42. The number of halogens is 1. The predicted octanol–water partition coefficient (Wildman–Crippen LogP) is 0.731. The van der Waals surface area contributed by atoms with Crippen LogP contribution in [0.15, 0.2) is 47.0 Å². The van der Waals surface area contributed by atoms with Gasteiger partial charge in [-0.15, -0.1) is 0 Å². The highest BCUT2D eigenvalue weighted by molar-refractivity contribution is 6.29. The Labute approximate surface area is 128 Å². The van der Waals surface area contributed by atoms with Gasteiger partial charge in [0.15, 0.2) is 0 Å². The molecule has 0 fully saturated rings. The van der Waals surface area contributed by atoms with E-state index < -0.39 is 0 Å². The van der Waals surface area contributed by atoms with Crippen LogP contribution in [0, 0.1) is 0 Å². The number of ether oxygens (including phenoxy) is 1. The molecule has 0 heterocycles. The highest BCUT2D eigenvalue weighted by atomic mass is 35.5. The standard InChI is InChI=1S/C14H19ClN4O2/c1-21-14(20)10-4-2-9(3-5-10)6-7-19-11(13(17)18)8-12(15)16/h2-5,8,19H,6-7,16-18H2,1H3/b12-8-. The highest BCUT2D eigenvalue weighted by Gasteiger charge is 2.04. The van der Waals surface area contributed by atoms with Crippen molar-refractivity contribution in [2.75, 3.05) is 13.7 Å². The minimum atomic E-state index is -0.358. The van der Waals surface area contributed by atoms with Gasteiger partial charge in [-0.2, -0.15) is 0 Å². The van der Waals surface area contributed by atoms with Crippen molar-refractivity contribution in [3.63, 3.8) is 0 Å². The van der Waals surface area contributed by atoms with E-state index in [1.165, 1.54) is 13.2 Å². The van der Waals surface area contributed by atoms with Crippen LogP contribution in [0.3, 0.4) is 0 Å². The van der Waals surface area contributed by atoms with E-state index in [4.69, 9.17) is 28.8 Å². The van der Waals surface area contributed by atoms with Crippen molar-refractivity contribution in [3.05, 3.63) is 58.1 Å². The summed E-state index contributed by atoms with van der Waals surface area (Å²) in [6.07, 6.45) is 2.17. The lowest BCUT2D eigenvalue weighted by Gasteiger charge is -2.09. The fraction of sp³-hybridized carbons (Fsp3) is 0.214. The summed E-state index contributed by atoms with van der Waals surface area (Å²) >= 11 is 5.58. The number of nitrogens with one attached hydrogen (secondary N) is 1. The Balaban J connectivity index is 2.58. The maximum absolute atomic E-state index is 11.3. The molecule has 1 aromatic rings. The number of nitrogens with two attached hydrogens (primary N) is 3. The summed E-state index contributed by atoms with van der Waals surface area (Å²) in [4.78, 5) is 11.3. The molecule has 0 radical (unpaired) electrons. The maximum Gasteiger partial charge on any atom is 0.337 e. The molecule has 6 nitrogen and oxygen atoms in total. The second-order valence-corrected chi connectivity index (χ2v) is 4.70. The normalized spacial score (nSPS) is 10.9. The van der Waals surface area contributed by atoms with E-state index in [2.05, 4.69) is 10.1 Å². The number of benzene rings is 1. The average Bonchev–Trinajstić information content (AvgIpc) is 2.45. The van der Waals surface area contributed by atoms with Crippen molar-refractivity contribution < 1.29 is 9.53 Å². The highest BCUT2D eigenvalue weighted by Crippen LogP contribution is 2.07. The number of methoxy groups -OCH3 is 1. The first-order chi connectivity index (χ1) is 9.93. The second-order valence-electron chi connectivity index (χ2n) is 4.26. The molecule has 0 unspecified atom stereocenters.